The maximum atomic E-state index is 8.77. The SMILES string of the molecule is COc1cccnc1NCC(C)CCO. The van der Waals surface area contributed by atoms with E-state index >= 15 is 0 Å². The third-order valence-corrected chi connectivity index (χ3v) is 2.23. The van der Waals surface area contributed by atoms with Crippen LogP contribution in [0.3, 0.4) is 0 Å². The zero-order valence-corrected chi connectivity index (χ0v) is 9.23. The summed E-state index contributed by atoms with van der Waals surface area (Å²) in [7, 11) is 1.62. The van der Waals surface area contributed by atoms with Crippen molar-refractivity contribution < 1.29 is 9.84 Å². The average molecular weight is 210 g/mol. The molecule has 0 radical (unpaired) electrons. The smallest absolute Gasteiger partial charge is 0.168 e. The quantitative estimate of drug-likeness (QED) is 0.747. The number of ether oxygens (including phenoxy) is 1. The molecule has 0 aromatic carbocycles. The van der Waals surface area contributed by atoms with Gasteiger partial charge < -0.3 is 15.2 Å². The lowest BCUT2D eigenvalue weighted by Crippen LogP contribution is -2.13. The first kappa shape index (κ1) is 11.8. The fraction of sp³-hybridized carbons (Fsp3) is 0.545. The molecule has 0 amide bonds. The molecule has 0 aliphatic heterocycles. The number of aromatic nitrogens is 1. The maximum Gasteiger partial charge on any atom is 0.168 e. The summed E-state index contributed by atoms with van der Waals surface area (Å²) in [5.41, 5.74) is 0. The van der Waals surface area contributed by atoms with Crippen LogP contribution in [-0.4, -0.2) is 30.4 Å². The van der Waals surface area contributed by atoms with E-state index in [2.05, 4.69) is 17.2 Å². The highest BCUT2D eigenvalue weighted by molar-refractivity contribution is 5.49. The van der Waals surface area contributed by atoms with Crippen molar-refractivity contribution >= 4 is 5.82 Å². The van der Waals surface area contributed by atoms with Gasteiger partial charge in [0.05, 0.1) is 7.11 Å². The zero-order valence-electron chi connectivity index (χ0n) is 9.23. The summed E-state index contributed by atoms with van der Waals surface area (Å²) in [6.45, 7) is 3.09. The van der Waals surface area contributed by atoms with Gasteiger partial charge in [0.15, 0.2) is 11.6 Å². The molecular formula is C11H18N2O2. The highest BCUT2D eigenvalue weighted by Gasteiger charge is 2.05. The first-order chi connectivity index (χ1) is 7.27. The third kappa shape index (κ3) is 3.75. The molecule has 0 aliphatic rings. The number of aliphatic hydroxyl groups is 1. The molecule has 0 spiro atoms. The van der Waals surface area contributed by atoms with Crippen LogP contribution in [0.15, 0.2) is 18.3 Å². The fourth-order valence-electron chi connectivity index (χ4n) is 1.28. The van der Waals surface area contributed by atoms with Gasteiger partial charge in [-0.25, -0.2) is 4.98 Å². The maximum absolute atomic E-state index is 8.77. The van der Waals surface area contributed by atoms with Crippen LogP contribution in [0.1, 0.15) is 13.3 Å². The summed E-state index contributed by atoms with van der Waals surface area (Å²) in [6.07, 6.45) is 2.52. The van der Waals surface area contributed by atoms with Gasteiger partial charge in [-0.3, -0.25) is 0 Å². The third-order valence-electron chi connectivity index (χ3n) is 2.23. The van der Waals surface area contributed by atoms with Gasteiger partial charge in [0.2, 0.25) is 0 Å². The minimum absolute atomic E-state index is 0.224. The van der Waals surface area contributed by atoms with Crippen molar-refractivity contribution in [3.05, 3.63) is 18.3 Å². The van der Waals surface area contributed by atoms with Crippen molar-refractivity contribution in [2.75, 3.05) is 25.6 Å². The van der Waals surface area contributed by atoms with Crippen LogP contribution in [-0.2, 0) is 0 Å². The van der Waals surface area contributed by atoms with E-state index in [1.807, 2.05) is 12.1 Å². The Hall–Kier alpha value is -1.29. The Kier molecular flexibility index (Phi) is 4.90. The van der Waals surface area contributed by atoms with Crippen molar-refractivity contribution in [1.29, 1.82) is 0 Å². The van der Waals surface area contributed by atoms with E-state index in [-0.39, 0.29) is 6.61 Å². The molecule has 2 N–H and O–H groups in total. The van der Waals surface area contributed by atoms with Gasteiger partial charge in [-0.1, -0.05) is 6.92 Å². The number of hydrogen-bond donors (Lipinski definition) is 2. The van der Waals surface area contributed by atoms with Crippen LogP contribution >= 0.6 is 0 Å². The van der Waals surface area contributed by atoms with Gasteiger partial charge in [0, 0.05) is 19.3 Å². The predicted molar refractivity (Wildman–Crippen MR) is 60.1 cm³/mol. The molecule has 1 atom stereocenters. The van der Waals surface area contributed by atoms with E-state index in [0.29, 0.717) is 5.92 Å². The van der Waals surface area contributed by atoms with E-state index in [0.717, 1.165) is 24.5 Å². The number of methoxy groups -OCH3 is 1. The number of pyridine rings is 1. The number of nitrogens with one attached hydrogen (secondary N) is 1. The molecule has 1 aromatic heterocycles. The van der Waals surface area contributed by atoms with Crippen molar-refractivity contribution in [3.63, 3.8) is 0 Å². The summed E-state index contributed by atoms with van der Waals surface area (Å²) in [6, 6.07) is 3.70. The Morgan fingerprint density at radius 1 is 1.60 bits per heavy atom. The standard InChI is InChI=1S/C11H18N2O2/c1-9(5-7-14)8-13-11-10(15-2)4-3-6-12-11/h3-4,6,9,14H,5,7-8H2,1-2H3,(H,12,13). The van der Waals surface area contributed by atoms with Gasteiger partial charge in [-0.15, -0.1) is 0 Å². The summed E-state index contributed by atoms with van der Waals surface area (Å²) >= 11 is 0. The van der Waals surface area contributed by atoms with Crippen molar-refractivity contribution in [2.45, 2.75) is 13.3 Å². The Labute approximate surface area is 90.3 Å². The van der Waals surface area contributed by atoms with Crippen LogP contribution in [0.25, 0.3) is 0 Å². The van der Waals surface area contributed by atoms with E-state index in [9.17, 15) is 0 Å². The number of aliphatic hydroxyl groups excluding tert-OH is 1. The molecule has 15 heavy (non-hydrogen) atoms. The highest BCUT2D eigenvalue weighted by atomic mass is 16.5. The van der Waals surface area contributed by atoms with Crippen molar-refractivity contribution in [2.24, 2.45) is 5.92 Å². The average Bonchev–Trinajstić information content (AvgIpc) is 2.27. The molecule has 0 aliphatic carbocycles. The second-order valence-corrected chi connectivity index (χ2v) is 3.55. The molecular weight excluding hydrogens is 192 g/mol. The Morgan fingerprint density at radius 3 is 3.07 bits per heavy atom. The van der Waals surface area contributed by atoms with E-state index in [4.69, 9.17) is 9.84 Å². The molecule has 1 rings (SSSR count). The van der Waals surface area contributed by atoms with Crippen LogP contribution in [0.5, 0.6) is 5.75 Å². The van der Waals surface area contributed by atoms with Gasteiger partial charge in [-0.2, -0.15) is 0 Å². The van der Waals surface area contributed by atoms with Gasteiger partial charge in [-0.05, 0) is 24.5 Å². The van der Waals surface area contributed by atoms with Gasteiger partial charge in [0.25, 0.3) is 0 Å². The van der Waals surface area contributed by atoms with E-state index in [1.54, 1.807) is 13.3 Å². The molecule has 1 aromatic rings. The summed E-state index contributed by atoms with van der Waals surface area (Å²) in [4.78, 5) is 4.18. The monoisotopic (exact) mass is 210 g/mol. The van der Waals surface area contributed by atoms with Gasteiger partial charge >= 0.3 is 0 Å². The van der Waals surface area contributed by atoms with Crippen LogP contribution in [0.4, 0.5) is 5.82 Å². The summed E-state index contributed by atoms with van der Waals surface area (Å²) < 4.78 is 5.16. The lowest BCUT2D eigenvalue weighted by atomic mass is 10.1. The molecule has 0 saturated carbocycles. The molecule has 1 heterocycles. The Balaban J connectivity index is 2.49. The summed E-state index contributed by atoms with van der Waals surface area (Å²) in [5, 5.41) is 12.0. The highest BCUT2D eigenvalue weighted by Crippen LogP contribution is 2.20. The van der Waals surface area contributed by atoms with Crippen molar-refractivity contribution in [1.82, 2.24) is 4.98 Å². The lowest BCUT2D eigenvalue weighted by Gasteiger charge is -2.13. The van der Waals surface area contributed by atoms with E-state index in [1.165, 1.54) is 0 Å². The molecule has 0 saturated heterocycles. The molecule has 1 unspecified atom stereocenters. The Morgan fingerprint density at radius 2 is 2.40 bits per heavy atom. The lowest BCUT2D eigenvalue weighted by molar-refractivity contribution is 0.265. The van der Waals surface area contributed by atoms with Gasteiger partial charge in [0.1, 0.15) is 0 Å². The predicted octanol–water partition coefficient (Wildman–Crippen LogP) is 1.52. The van der Waals surface area contributed by atoms with Crippen molar-refractivity contribution in [3.8, 4) is 5.75 Å². The number of hydrogen-bond acceptors (Lipinski definition) is 4. The number of anilines is 1. The largest absolute Gasteiger partial charge is 0.493 e. The first-order valence-electron chi connectivity index (χ1n) is 5.11. The number of nitrogens with zero attached hydrogens (tertiary/aromatic N) is 1. The first-order valence-corrected chi connectivity index (χ1v) is 5.11. The molecule has 0 bridgehead atoms. The molecule has 0 fully saturated rings. The minimum Gasteiger partial charge on any atom is -0.493 e. The van der Waals surface area contributed by atoms with Crippen LogP contribution in [0.2, 0.25) is 0 Å². The van der Waals surface area contributed by atoms with Crippen LogP contribution in [0, 0.1) is 5.92 Å². The topological polar surface area (TPSA) is 54.4 Å². The fourth-order valence-corrected chi connectivity index (χ4v) is 1.28. The molecule has 84 valence electrons. The second kappa shape index (κ2) is 6.24. The second-order valence-electron chi connectivity index (χ2n) is 3.55. The molecule has 4 heteroatoms. The van der Waals surface area contributed by atoms with Crippen LogP contribution < -0.4 is 10.1 Å². The molecule has 4 nitrogen and oxygen atoms in total. The minimum atomic E-state index is 0.224. The Bertz CT molecular complexity index is 292. The summed E-state index contributed by atoms with van der Waals surface area (Å²) in [5.74, 6) is 1.92. The van der Waals surface area contributed by atoms with E-state index < -0.39 is 0 Å². The number of rotatable bonds is 6. The zero-order chi connectivity index (χ0) is 11.1. The normalized spacial score (nSPS) is 12.2.